The van der Waals surface area contributed by atoms with Crippen LogP contribution in [0.15, 0.2) is 59.8 Å². The number of aryl methyl sites for hydroxylation is 1. The standard InChI is InChI=1S/C24H27N5O3S/c1-16(2)14-29-22(13-12-21(25)31)27-28-24(29)33-15-20(30)17-8-10-19(11-9-17)26-23(32)18-6-4-3-5-7-18/h3-11,16H,12-15H2,1-2H3,(H2,25,31)(H,26,32). The van der Waals surface area contributed by atoms with E-state index in [1.807, 2.05) is 10.6 Å². The fourth-order valence-corrected chi connectivity index (χ4v) is 4.00. The first kappa shape index (κ1) is 24.2. The maximum Gasteiger partial charge on any atom is 0.255 e. The molecule has 2 aromatic carbocycles. The minimum atomic E-state index is -0.387. The molecule has 0 aliphatic heterocycles. The molecule has 33 heavy (non-hydrogen) atoms. The Bertz CT molecular complexity index is 1110. The van der Waals surface area contributed by atoms with E-state index in [0.717, 1.165) is 0 Å². The number of carbonyl (C=O) groups excluding carboxylic acids is 3. The van der Waals surface area contributed by atoms with E-state index in [0.29, 0.717) is 46.7 Å². The van der Waals surface area contributed by atoms with Crippen molar-refractivity contribution in [1.29, 1.82) is 0 Å². The van der Waals surface area contributed by atoms with Gasteiger partial charge in [-0.1, -0.05) is 43.8 Å². The van der Waals surface area contributed by atoms with Gasteiger partial charge >= 0.3 is 0 Å². The van der Waals surface area contributed by atoms with E-state index in [4.69, 9.17) is 5.73 Å². The van der Waals surface area contributed by atoms with E-state index in [1.54, 1.807) is 48.5 Å². The number of thioether (sulfide) groups is 1. The number of primary amides is 1. The molecule has 0 atom stereocenters. The van der Waals surface area contributed by atoms with Crippen LogP contribution in [-0.4, -0.2) is 38.1 Å². The van der Waals surface area contributed by atoms with Gasteiger partial charge in [0.15, 0.2) is 10.9 Å². The number of hydrogen-bond donors (Lipinski definition) is 2. The van der Waals surface area contributed by atoms with Crippen LogP contribution >= 0.6 is 11.8 Å². The minimum absolute atomic E-state index is 0.0567. The third-order valence-electron chi connectivity index (χ3n) is 4.77. The van der Waals surface area contributed by atoms with Crippen molar-refractivity contribution in [2.75, 3.05) is 11.1 Å². The Morgan fingerprint density at radius 2 is 1.70 bits per heavy atom. The van der Waals surface area contributed by atoms with E-state index < -0.39 is 0 Å². The number of nitrogens with one attached hydrogen (secondary N) is 1. The van der Waals surface area contributed by atoms with E-state index in [9.17, 15) is 14.4 Å². The summed E-state index contributed by atoms with van der Waals surface area (Å²) in [4.78, 5) is 36.1. The van der Waals surface area contributed by atoms with Gasteiger partial charge in [-0.05, 0) is 42.3 Å². The molecule has 3 N–H and O–H groups in total. The Morgan fingerprint density at radius 1 is 1.00 bits per heavy atom. The molecule has 0 saturated heterocycles. The molecule has 0 spiro atoms. The molecule has 2 amide bonds. The molecule has 0 bridgehead atoms. The summed E-state index contributed by atoms with van der Waals surface area (Å²) < 4.78 is 1.95. The topological polar surface area (TPSA) is 120 Å². The average Bonchev–Trinajstić information content (AvgIpc) is 3.17. The molecule has 172 valence electrons. The van der Waals surface area contributed by atoms with Crippen molar-refractivity contribution < 1.29 is 14.4 Å². The van der Waals surface area contributed by atoms with Crippen molar-refractivity contribution in [2.45, 2.75) is 38.4 Å². The zero-order valence-electron chi connectivity index (χ0n) is 18.7. The highest BCUT2D eigenvalue weighted by Gasteiger charge is 2.16. The van der Waals surface area contributed by atoms with E-state index in [1.165, 1.54) is 11.8 Å². The van der Waals surface area contributed by atoms with Crippen molar-refractivity contribution >= 4 is 35.0 Å². The van der Waals surface area contributed by atoms with Crippen LogP contribution in [0, 0.1) is 5.92 Å². The van der Waals surface area contributed by atoms with Crippen LogP contribution in [0.5, 0.6) is 0 Å². The number of nitrogens with zero attached hydrogens (tertiary/aromatic N) is 3. The summed E-state index contributed by atoms with van der Waals surface area (Å²) in [5, 5.41) is 11.9. The van der Waals surface area contributed by atoms with Crippen molar-refractivity contribution in [3.8, 4) is 0 Å². The second-order valence-corrected chi connectivity index (χ2v) is 8.92. The Morgan fingerprint density at radius 3 is 2.33 bits per heavy atom. The smallest absolute Gasteiger partial charge is 0.255 e. The zero-order chi connectivity index (χ0) is 23.8. The highest BCUT2D eigenvalue weighted by molar-refractivity contribution is 7.99. The van der Waals surface area contributed by atoms with E-state index in [2.05, 4.69) is 29.4 Å². The molecule has 9 heteroatoms. The molecule has 8 nitrogen and oxygen atoms in total. The molecule has 0 unspecified atom stereocenters. The van der Waals surface area contributed by atoms with Gasteiger partial charge in [0.2, 0.25) is 5.91 Å². The Hall–Kier alpha value is -3.46. The van der Waals surface area contributed by atoms with Gasteiger partial charge < -0.3 is 15.6 Å². The van der Waals surface area contributed by atoms with E-state index in [-0.39, 0.29) is 29.8 Å². The first-order chi connectivity index (χ1) is 15.8. The third-order valence-corrected chi connectivity index (χ3v) is 5.74. The van der Waals surface area contributed by atoms with Crippen LogP contribution in [0.3, 0.4) is 0 Å². The number of hydrogen-bond acceptors (Lipinski definition) is 6. The minimum Gasteiger partial charge on any atom is -0.370 e. The predicted octanol–water partition coefficient (Wildman–Crippen LogP) is 3.58. The summed E-state index contributed by atoms with van der Waals surface area (Å²) in [5.41, 5.74) is 6.98. The first-order valence-electron chi connectivity index (χ1n) is 10.7. The molecule has 1 heterocycles. The van der Waals surface area contributed by atoms with Crippen LogP contribution in [0.2, 0.25) is 0 Å². The second kappa shape index (κ2) is 11.4. The first-order valence-corrected chi connectivity index (χ1v) is 11.6. The summed E-state index contributed by atoms with van der Waals surface area (Å²) in [7, 11) is 0. The molecule has 0 aliphatic carbocycles. The molecule has 0 aliphatic rings. The maximum absolute atomic E-state index is 12.7. The lowest BCUT2D eigenvalue weighted by Gasteiger charge is -2.12. The summed E-state index contributed by atoms with van der Waals surface area (Å²) in [6.07, 6.45) is 0.618. The Balaban J connectivity index is 1.61. The lowest BCUT2D eigenvalue weighted by atomic mass is 10.1. The number of carbonyl (C=O) groups is 3. The van der Waals surface area contributed by atoms with Crippen LogP contribution in [-0.2, 0) is 17.8 Å². The van der Waals surface area contributed by atoms with Gasteiger partial charge in [0.1, 0.15) is 5.82 Å². The van der Waals surface area contributed by atoms with E-state index >= 15 is 0 Å². The highest BCUT2D eigenvalue weighted by atomic mass is 32.2. The van der Waals surface area contributed by atoms with Crippen LogP contribution in [0.25, 0.3) is 0 Å². The number of benzene rings is 2. The van der Waals surface area contributed by atoms with Crippen molar-refractivity contribution in [1.82, 2.24) is 14.8 Å². The summed E-state index contributed by atoms with van der Waals surface area (Å²) >= 11 is 1.31. The van der Waals surface area contributed by atoms with Gasteiger partial charge in [-0.2, -0.15) is 0 Å². The maximum atomic E-state index is 12.7. The molecule has 3 rings (SSSR count). The fraction of sp³-hybridized carbons (Fsp3) is 0.292. The van der Waals surface area contributed by atoms with Gasteiger partial charge in [-0.25, -0.2) is 0 Å². The molecule has 1 aromatic heterocycles. The predicted molar refractivity (Wildman–Crippen MR) is 128 cm³/mol. The SMILES string of the molecule is CC(C)Cn1c(CCC(N)=O)nnc1SCC(=O)c1ccc(NC(=O)c2ccccc2)cc1. The Labute approximate surface area is 197 Å². The number of anilines is 1. The normalized spacial score (nSPS) is 10.9. The summed E-state index contributed by atoms with van der Waals surface area (Å²) in [6, 6.07) is 15.7. The lowest BCUT2D eigenvalue weighted by molar-refractivity contribution is -0.118. The zero-order valence-corrected chi connectivity index (χ0v) is 19.5. The number of ketones is 1. The van der Waals surface area contributed by atoms with Gasteiger partial charge in [0, 0.05) is 36.2 Å². The average molecular weight is 466 g/mol. The lowest BCUT2D eigenvalue weighted by Crippen LogP contribution is -2.15. The van der Waals surface area contributed by atoms with Crippen LogP contribution in [0.1, 0.15) is 46.8 Å². The number of aromatic nitrogens is 3. The molecule has 3 aromatic rings. The quantitative estimate of drug-likeness (QED) is 0.330. The highest BCUT2D eigenvalue weighted by Crippen LogP contribution is 2.21. The molecule has 0 saturated carbocycles. The molecule has 0 fully saturated rings. The van der Waals surface area contributed by atoms with Gasteiger partial charge in [0.05, 0.1) is 5.75 Å². The number of rotatable bonds is 11. The monoisotopic (exact) mass is 465 g/mol. The van der Waals surface area contributed by atoms with Crippen molar-refractivity contribution in [3.05, 3.63) is 71.5 Å². The van der Waals surface area contributed by atoms with Gasteiger partial charge in [-0.15, -0.1) is 10.2 Å². The van der Waals surface area contributed by atoms with Crippen LogP contribution in [0.4, 0.5) is 5.69 Å². The third kappa shape index (κ3) is 7.01. The fourth-order valence-electron chi connectivity index (χ4n) is 3.14. The molecule has 0 radical (unpaired) electrons. The van der Waals surface area contributed by atoms with Crippen LogP contribution < -0.4 is 11.1 Å². The van der Waals surface area contributed by atoms with Gasteiger partial charge in [0.25, 0.3) is 5.91 Å². The van der Waals surface area contributed by atoms with Gasteiger partial charge in [-0.3, -0.25) is 14.4 Å². The largest absolute Gasteiger partial charge is 0.370 e. The molecular formula is C24H27N5O3S. The summed E-state index contributed by atoms with van der Waals surface area (Å²) in [6.45, 7) is 4.85. The molecular weight excluding hydrogens is 438 g/mol. The van der Waals surface area contributed by atoms with Crippen molar-refractivity contribution in [3.63, 3.8) is 0 Å². The Kier molecular flexibility index (Phi) is 8.37. The number of amides is 2. The second-order valence-electron chi connectivity index (χ2n) is 7.98. The number of nitrogens with two attached hydrogens (primary N) is 1. The summed E-state index contributed by atoms with van der Waals surface area (Å²) in [5.74, 6) is 0.585. The number of Topliss-reactive ketones (excluding diaryl/α,β-unsaturated/α-hetero) is 1. The van der Waals surface area contributed by atoms with Crippen molar-refractivity contribution in [2.24, 2.45) is 11.7 Å².